The van der Waals surface area contributed by atoms with E-state index >= 15 is 0 Å². The Morgan fingerprint density at radius 2 is 1.72 bits per heavy atom. The van der Waals surface area contributed by atoms with Crippen LogP contribution in [0.1, 0.15) is 40.0 Å². The molecule has 1 heterocycles. The van der Waals surface area contributed by atoms with Gasteiger partial charge in [-0.25, -0.2) is 22.4 Å². The summed E-state index contributed by atoms with van der Waals surface area (Å²) < 4.78 is 59.4. The van der Waals surface area contributed by atoms with Crippen molar-refractivity contribution in [1.82, 2.24) is 4.90 Å². The maximum Gasteiger partial charge on any atom is 0.410 e. The lowest BCUT2D eigenvalue weighted by molar-refractivity contribution is 0.0256. The van der Waals surface area contributed by atoms with Gasteiger partial charge in [-0.1, -0.05) is 0 Å². The Morgan fingerprint density at radius 3 is 2.28 bits per heavy atom. The molecule has 1 fully saturated rings. The number of ether oxygens (including phenoxy) is 1. The van der Waals surface area contributed by atoms with Crippen LogP contribution in [0, 0.1) is 23.3 Å². The van der Waals surface area contributed by atoms with Gasteiger partial charge in [0.15, 0.2) is 23.3 Å². The van der Waals surface area contributed by atoms with Gasteiger partial charge in [0.2, 0.25) is 0 Å². The molecule has 0 aliphatic carbocycles. The number of carbonyl (C=O) groups excluding carboxylic acids is 1. The molecule has 0 spiro atoms. The van der Waals surface area contributed by atoms with Gasteiger partial charge < -0.3 is 15.0 Å². The normalized spacial score (nSPS) is 18.7. The van der Waals surface area contributed by atoms with Crippen molar-refractivity contribution in [2.24, 2.45) is 0 Å². The number of hydrogen-bond acceptors (Lipinski definition) is 3. The minimum Gasteiger partial charge on any atom is -0.444 e. The molecular formula is C17H22F4N2O2. The molecule has 0 radical (unpaired) electrons. The number of carbonyl (C=O) groups is 1. The number of nitrogens with zero attached hydrogens (tertiary/aromatic N) is 1. The fourth-order valence-corrected chi connectivity index (χ4v) is 2.65. The molecule has 4 nitrogen and oxygen atoms in total. The predicted octanol–water partition coefficient (Wildman–Crippen LogP) is 4.44. The molecule has 140 valence electrons. The van der Waals surface area contributed by atoms with E-state index in [2.05, 4.69) is 5.32 Å². The summed E-state index contributed by atoms with van der Waals surface area (Å²) in [6, 6.07) is -0.245. The standard InChI is InChI=1S/C17H22F4N2O2/c1-17(2,3)25-16(24)23-7-4-5-10(6-8-23)22-15-13(20)11(18)9-12(19)14(15)21/h9-10,22H,4-8H2,1-3H3. The minimum atomic E-state index is -1.45. The molecule has 8 heteroatoms. The number of rotatable bonds is 2. The SMILES string of the molecule is CC(C)(C)OC(=O)N1CCCC(Nc2c(F)c(F)cc(F)c2F)CC1. The molecule has 2 rings (SSSR count). The fraction of sp³-hybridized carbons (Fsp3) is 0.588. The Morgan fingerprint density at radius 1 is 1.12 bits per heavy atom. The summed E-state index contributed by atoms with van der Waals surface area (Å²) in [7, 11) is 0. The van der Waals surface area contributed by atoms with Crippen LogP contribution in [-0.4, -0.2) is 35.7 Å². The second-order valence-electron chi connectivity index (χ2n) is 7.08. The third-order valence-electron chi connectivity index (χ3n) is 3.84. The van der Waals surface area contributed by atoms with Gasteiger partial charge in [0.05, 0.1) is 0 Å². The number of likely N-dealkylation sites (tertiary alicyclic amines) is 1. The molecule has 1 atom stereocenters. The van der Waals surface area contributed by atoms with Crippen LogP contribution in [0.25, 0.3) is 0 Å². The average Bonchev–Trinajstić information content (AvgIpc) is 2.73. The largest absolute Gasteiger partial charge is 0.444 e. The van der Waals surface area contributed by atoms with Crippen LogP contribution in [0.3, 0.4) is 0 Å². The van der Waals surface area contributed by atoms with E-state index in [1.54, 1.807) is 20.8 Å². The number of benzene rings is 1. The monoisotopic (exact) mass is 362 g/mol. The number of hydrogen-bond donors (Lipinski definition) is 1. The third-order valence-corrected chi connectivity index (χ3v) is 3.84. The first-order valence-corrected chi connectivity index (χ1v) is 8.16. The topological polar surface area (TPSA) is 41.6 Å². The van der Waals surface area contributed by atoms with E-state index in [4.69, 9.17) is 4.74 Å². The number of nitrogens with one attached hydrogen (secondary N) is 1. The molecular weight excluding hydrogens is 340 g/mol. The number of halogens is 4. The highest BCUT2D eigenvalue weighted by molar-refractivity contribution is 5.68. The molecule has 1 N–H and O–H groups in total. The van der Waals surface area contributed by atoms with Crippen molar-refractivity contribution in [3.8, 4) is 0 Å². The Hall–Kier alpha value is -1.99. The predicted molar refractivity (Wildman–Crippen MR) is 85.3 cm³/mol. The fourth-order valence-electron chi connectivity index (χ4n) is 2.65. The molecule has 1 amide bonds. The van der Waals surface area contributed by atoms with Gasteiger partial charge in [-0.15, -0.1) is 0 Å². The lowest BCUT2D eigenvalue weighted by Gasteiger charge is -2.26. The molecule has 1 unspecified atom stereocenters. The maximum absolute atomic E-state index is 13.8. The van der Waals surface area contributed by atoms with Crippen LogP contribution >= 0.6 is 0 Å². The van der Waals surface area contributed by atoms with Gasteiger partial charge in [-0.2, -0.15) is 0 Å². The zero-order valence-corrected chi connectivity index (χ0v) is 14.5. The molecule has 1 aromatic rings. The van der Waals surface area contributed by atoms with E-state index in [9.17, 15) is 22.4 Å². The molecule has 1 saturated heterocycles. The van der Waals surface area contributed by atoms with Crippen LogP contribution in [0.5, 0.6) is 0 Å². The van der Waals surface area contributed by atoms with Gasteiger partial charge in [0, 0.05) is 25.2 Å². The lowest BCUT2D eigenvalue weighted by atomic mass is 10.1. The summed E-state index contributed by atoms with van der Waals surface area (Å²) in [4.78, 5) is 13.6. The molecule has 1 aliphatic heterocycles. The zero-order valence-electron chi connectivity index (χ0n) is 14.5. The van der Waals surface area contributed by atoms with Gasteiger partial charge in [-0.3, -0.25) is 0 Å². The first-order chi connectivity index (χ1) is 11.6. The molecule has 1 aromatic carbocycles. The van der Waals surface area contributed by atoms with E-state index in [0.29, 0.717) is 32.4 Å². The van der Waals surface area contributed by atoms with Crippen molar-refractivity contribution in [3.63, 3.8) is 0 Å². The Bertz CT molecular complexity index is 620. The van der Waals surface area contributed by atoms with E-state index < -0.39 is 46.7 Å². The van der Waals surface area contributed by atoms with Gasteiger partial charge >= 0.3 is 6.09 Å². The second-order valence-corrected chi connectivity index (χ2v) is 7.08. The quantitative estimate of drug-likeness (QED) is 0.625. The number of amides is 1. The highest BCUT2D eigenvalue weighted by Gasteiger charge is 2.27. The van der Waals surface area contributed by atoms with E-state index in [-0.39, 0.29) is 6.07 Å². The summed E-state index contributed by atoms with van der Waals surface area (Å²) in [6.45, 7) is 6.04. The molecule has 25 heavy (non-hydrogen) atoms. The van der Waals surface area contributed by atoms with Crippen LogP contribution in [0.2, 0.25) is 0 Å². The summed E-state index contributed by atoms with van der Waals surface area (Å²) in [5, 5.41) is 2.54. The highest BCUT2D eigenvalue weighted by Crippen LogP contribution is 2.27. The first kappa shape index (κ1) is 19.3. The average molecular weight is 362 g/mol. The molecule has 0 saturated carbocycles. The van der Waals surface area contributed by atoms with Crippen LogP contribution in [0.4, 0.5) is 28.0 Å². The molecule has 1 aliphatic rings. The molecule has 0 bridgehead atoms. The van der Waals surface area contributed by atoms with Crippen molar-refractivity contribution in [1.29, 1.82) is 0 Å². The van der Waals surface area contributed by atoms with E-state index in [1.807, 2.05) is 0 Å². The second kappa shape index (κ2) is 7.49. The third kappa shape index (κ3) is 4.99. The van der Waals surface area contributed by atoms with Crippen LogP contribution in [-0.2, 0) is 4.74 Å². The van der Waals surface area contributed by atoms with Gasteiger partial charge in [0.1, 0.15) is 11.3 Å². The van der Waals surface area contributed by atoms with Crippen molar-refractivity contribution >= 4 is 11.8 Å². The van der Waals surface area contributed by atoms with Gasteiger partial charge in [0.25, 0.3) is 0 Å². The zero-order chi connectivity index (χ0) is 18.8. The Balaban J connectivity index is 2.04. The maximum atomic E-state index is 13.8. The summed E-state index contributed by atoms with van der Waals surface area (Å²) in [5.74, 6) is -5.81. The summed E-state index contributed by atoms with van der Waals surface area (Å²) in [6.07, 6.45) is 0.979. The highest BCUT2D eigenvalue weighted by atomic mass is 19.2. The summed E-state index contributed by atoms with van der Waals surface area (Å²) >= 11 is 0. The molecule has 0 aromatic heterocycles. The van der Waals surface area contributed by atoms with Crippen molar-refractivity contribution < 1.29 is 27.1 Å². The smallest absolute Gasteiger partial charge is 0.410 e. The van der Waals surface area contributed by atoms with Crippen molar-refractivity contribution in [3.05, 3.63) is 29.3 Å². The Kier molecular flexibility index (Phi) is 5.80. The first-order valence-electron chi connectivity index (χ1n) is 8.16. The number of anilines is 1. The van der Waals surface area contributed by atoms with E-state index in [0.717, 1.165) is 0 Å². The van der Waals surface area contributed by atoms with Crippen LogP contribution < -0.4 is 5.32 Å². The van der Waals surface area contributed by atoms with Crippen molar-refractivity contribution in [2.75, 3.05) is 18.4 Å². The minimum absolute atomic E-state index is 0.174. The van der Waals surface area contributed by atoms with Gasteiger partial charge in [-0.05, 0) is 40.0 Å². The lowest BCUT2D eigenvalue weighted by Crippen LogP contribution is -2.37. The van der Waals surface area contributed by atoms with E-state index in [1.165, 1.54) is 4.90 Å². The van der Waals surface area contributed by atoms with Crippen molar-refractivity contribution in [2.45, 2.75) is 51.7 Å². The Labute approximate surface area is 144 Å². The van der Waals surface area contributed by atoms with Crippen LogP contribution in [0.15, 0.2) is 6.07 Å². The summed E-state index contributed by atoms with van der Waals surface area (Å²) in [5.41, 5.74) is -1.43.